The minimum Gasteiger partial charge on any atom is -0.348 e. The zero-order valence-corrected chi connectivity index (χ0v) is 18.1. The summed E-state index contributed by atoms with van der Waals surface area (Å²) in [5.41, 5.74) is 2.24. The number of carbonyl (C=O) groups is 2. The smallest absolute Gasteiger partial charge is 0.237 e. The fourth-order valence-electron chi connectivity index (χ4n) is 4.66. The van der Waals surface area contributed by atoms with E-state index in [4.69, 9.17) is 23.2 Å². The second kappa shape index (κ2) is 8.83. The number of amides is 2. The lowest BCUT2D eigenvalue weighted by molar-refractivity contribution is -0.129. The molecule has 0 saturated carbocycles. The number of anilines is 1. The van der Waals surface area contributed by atoms with Gasteiger partial charge in [0.05, 0.1) is 6.04 Å². The predicted molar refractivity (Wildman–Crippen MR) is 121 cm³/mol. The molecular weight excluding hydrogens is 419 g/mol. The quantitative estimate of drug-likeness (QED) is 0.560. The Morgan fingerprint density at radius 1 is 0.933 bits per heavy atom. The van der Waals surface area contributed by atoms with E-state index in [2.05, 4.69) is 16.7 Å². The molecule has 1 spiro atoms. The van der Waals surface area contributed by atoms with Gasteiger partial charge in [0.15, 0.2) is 0 Å². The van der Waals surface area contributed by atoms with Gasteiger partial charge in [0, 0.05) is 22.2 Å². The van der Waals surface area contributed by atoms with Crippen LogP contribution in [0.3, 0.4) is 0 Å². The lowest BCUT2D eigenvalue weighted by Gasteiger charge is -2.42. The zero-order valence-electron chi connectivity index (χ0n) is 16.6. The van der Waals surface area contributed by atoms with Gasteiger partial charge in [0.1, 0.15) is 5.41 Å². The van der Waals surface area contributed by atoms with Gasteiger partial charge in [0.25, 0.3) is 0 Å². The Hall–Kier alpha value is -2.30. The third-order valence-electron chi connectivity index (χ3n) is 6.09. The SMILES string of the molecule is Clc1ccccc1.O=C1CC[C@]2(C(=O)Nc3cc(Cl)ccc32)[C@@H](C2=CCCCC2)N1. The van der Waals surface area contributed by atoms with Crippen molar-refractivity contribution in [2.24, 2.45) is 0 Å². The van der Waals surface area contributed by atoms with Crippen molar-refractivity contribution in [3.8, 4) is 0 Å². The van der Waals surface area contributed by atoms with Crippen molar-refractivity contribution in [1.29, 1.82) is 0 Å². The van der Waals surface area contributed by atoms with Crippen LogP contribution in [-0.2, 0) is 15.0 Å². The highest BCUT2D eigenvalue weighted by atomic mass is 35.5. The molecule has 2 heterocycles. The molecule has 2 aliphatic heterocycles. The summed E-state index contributed by atoms with van der Waals surface area (Å²) >= 11 is 11.6. The van der Waals surface area contributed by atoms with Crippen molar-refractivity contribution in [2.75, 3.05) is 5.32 Å². The van der Waals surface area contributed by atoms with Crippen LogP contribution >= 0.6 is 23.2 Å². The molecule has 0 unspecified atom stereocenters. The van der Waals surface area contributed by atoms with E-state index >= 15 is 0 Å². The van der Waals surface area contributed by atoms with Gasteiger partial charge < -0.3 is 10.6 Å². The molecular formula is C24H24Cl2N2O2. The van der Waals surface area contributed by atoms with E-state index in [9.17, 15) is 9.59 Å². The van der Waals surface area contributed by atoms with Crippen LogP contribution in [0, 0.1) is 0 Å². The monoisotopic (exact) mass is 442 g/mol. The highest BCUT2D eigenvalue weighted by molar-refractivity contribution is 6.31. The third kappa shape index (κ3) is 3.99. The molecule has 6 heteroatoms. The van der Waals surface area contributed by atoms with Crippen molar-refractivity contribution in [3.05, 3.63) is 75.8 Å². The summed E-state index contributed by atoms with van der Waals surface area (Å²) in [5.74, 6) is 0.00792. The Labute approximate surface area is 186 Å². The van der Waals surface area contributed by atoms with E-state index in [1.807, 2.05) is 42.5 Å². The standard InChI is InChI=1S/C18H19ClN2O2.C6H5Cl/c19-12-6-7-13-14(10-12)20-17(23)18(13)9-8-15(22)21-16(18)11-4-2-1-3-5-11;7-6-4-2-1-3-5-6/h4,6-7,10,16H,1-3,5,8-9H2,(H,20,23)(H,21,22);1-5H/t16-,18-;/m1./s1. The van der Waals surface area contributed by atoms with Gasteiger partial charge in [0.2, 0.25) is 11.8 Å². The van der Waals surface area contributed by atoms with E-state index in [0.29, 0.717) is 17.9 Å². The number of rotatable bonds is 1. The third-order valence-corrected chi connectivity index (χ3v) is 6.58. The molecule has 156 valence electrons. The Kier molecular flexibility index (Phi) is 6.16. The van der Waals surface area contributed by atoms with Crippen LogP contribution in [0.15, 0.2) is 60.2 Å². The number of hydrogen-bond donors (Lipinski definition) is 2. The molecule has 2 aromatic rings. The lowest BCUT2D eigenvalue weighted by Crippen LogP contribution is -2.59. The number of halogens is 2. The number of hydrogen-bond acceptors (Lipinski definition) is 2. The van der Waals surface area contributed by atoms with Crippen LogP contribution in [0.2, 0.25) is 10.0 Å². The Morgan fingerprint density at radius 2 is 1.73 bits per heavy atom. The predicted octanol–water partition coefficient (Wildman–Crippen LogP) is 5.65. The molecule has 2 atom stereocenters. The number of allylic oxidation sites excluding steroid dienone is 1. The van der Waals surface area contributed by atoms with Crippen LogP contribution in [0.1, 0.15) is 44.1 Å². The number of fused-ring (bicyclic) bond motifs is 2. The van der Waals surface area contributed by atoms with Crippen molar-refractivity contribution in [1.82, 2.24) is 5.32 Å². The average Bonchev–Trinajstić information content (AvgIpc) is 3.02. The summed E-state index contributed by atoms with van der Waals surface area (Å²) in [6, 6.07) is 14.8. The van der Waals surface area contributed by atoms with Crippen molar-refractivity contribution in [3.63, 3.8) is 0 Å². The first-order valence-corrected chi connectivity index (χ1v) is 11.1. The molecule has 2 amide bonds. The normalized spacial score (nSPS) is 24.9. The van der Waals surface area contributed by atoms with E-state index in [1.165, 1.54) is 12.0 Å². The fourth-order valence-corrected chi connectivity index (χ4v) is 4.98. The zero-order chi connectivity index (χ0) is 21.1. The van der Waals surface area contributed by atoms with Crippen LogP contribution in [0.25, 0.3) is 0 Å². The second-order valence-corrected chi connectivity index (χ2v) is 8.81. The summed E-state index contributed by atoms with van der Waals surface area (Å²) < 4.78 is 0. The van der Waals surface area contributed by atoms with E-state index in [1.54, 1.807) is 6.07 Å². The lowest BCUT2D eigenvalue weighted by atomic mass is 9.66. The van der Waals surface area contributed by atoms with Crippen LogP contribution < -0.4 is 10.6 Å². The second-order valence-electron chi connectivity index (χ2n) is 7.94. The molecule has 4 nitrogen and oxygen atoms in total. The van der Waals surface area contributed by atoms with Gasteiger partial charge in [-0.05, 0) is 61.9 Å². The molecule has 30 heavy (non-hydrogen) atoms. The van der Waals surface area contributed by atoms with Gasteiger partial charge in [-0.1, -0.05) is 59.1 Å². The van der Waals surface area contributed by atoms with Gasteiger partial charge >= 0.3 is 0 Å². The molecule has 0 bridgehead atoms. The van der Waals surface area contributed by atoms with Gasteiger partial charge in [-0.3, -0.25) is 9.59 Å². The Balaban J connectivity index is 0.000000265. The molecule has 0 aromatic heterocycles. The first-order valence-electron chi connectivity index (χ1n) is 10.3. The Morgan fingerprint density at radius 3 is 2.40 bits per heavy atom. The first kappa shape index (κ1) is 21.0. The van der Waals surface area contributed by atoms with Gasteiger partial charge in [-0.2, -0.15) is 0 Å². The maximum atomic E-state index is 12.9. The summed E-state index contributed by atoms with van der Waals surface area (Å²) in [5, 5.41) is 7.48. The van der Waals surface area contributed by atoms with Crippen molar-refractivity contribution >= 4 is 40.7 Å². The minimum absolute atomic E-state index is 0.0220. The van der Waals surface area contributed by atoms with Crippen molar-refractivity contribution in [2.45, 2.75) is 50.0 Å². The number of benzene rings is 2. The fraction of sp³-hybridized carbons (Fsp3) is 0.333. The van der Waals surface area contributed by atoms with E-state index in [0.717, 1.165) is 35.5 Å². The van der Waals surface area contributed by atoms with Crippen LogP contribution in [0.5, 0.6) is 0 Å². The molecule has 2 N–H and O–H groups in total. The average molecular weight is 443 g/mol. The number of nitrogens with one attached hydrogen (secondary N) is 2. The molecule has 1 fully saturated rings. The topological polar surface area (TPSA) is 58.2 Å². The summed E-state index contributed by atoms with van der Waals surface area (Å²) in [6.07, 6.45) is 7.39. The van der Waals surface area contributed by atoms with Crippen LogP contribution in [-0.4, -0.2) is 17.9 Å². The van der Waals surface area contributed by atoms with Gasteiger partial charge in [-0.25, -0.2) is 0 Å². The summed E-state index contributed by atoms with van der Waals surface area (Å²) in [7, 11) is 0. The summed E-state index contributed by atoms with van der Waals surface area (Å²) in [6.45, 7) is 0. The Bertz CT molecular complexity index is 990. The first-order chi connectivity index (χ1) is 14.5. The molecule has 2 aromatic carbocycles. The van der Waals surface area contributed by atoms with Gasteiger partial charge in [-0.15, -0.1) is 0 Å². The van der Waals surface area contributed by atoms with Crippen molar-refractivity contribution < 1.29 is 9.59 Å². The highest BCUT2D eigenvalue weighted by Crippen LogP contribution is 2.48. The minimum atomic E-state index is -0.697. The molecule has 1 aliphatic carbocycles. The maximum Gasteiger partial charge on any atom is 0.237 e. The molecule has 5 rings (SSSR count). The summed E-state index contributed by atoms with van der Waals surface area (Å²) in [4.78, 5) is 25.0. The van der Waals surface area contributed by atoms with E-state index in [-0.39, 0.29) is 17.9 Å². The van der Waals surface area contributed by atoms with E-state index < -0.39 is 5.41 Å². The molecule has 0 radical (unpaired) electrons. The largest absolute Gasteiger partial charge is 0.348 e. The molecule has 3 aliphatic rings. The highest BCUT2D eigenvalue weighted by Gasteiger charge is 2.55. The van der Waals surface area contributed by atoms with Crippen LogP contribution in [0.4, 0.5) is 5.69 Å². The number of piperidine rings is 1. The number of carbonyl (C=O) groups excluding carboxylic acids is 2. The maximum absolute atomic E-state index is 12.9. The molecule has 1 saturated heterocycles.